The molecule has 1 aromatic rings. The first kappa shape index (κ1) is 18.2. The largest absolute Gasteiger partial charge is 0.393 e. The van der Waals surface area contributed by atoms with Crippen molar-refractivity contribution in [1.82, 2.24) is 0 Å². The van der Waals surface area contributed by atoms with E-state index >= 15 is 0 Å². The van der Waals surface area contributed by atoms with E-state index in [1.807, 2.05) is 6.92 Å². The highest BCUT2D eigenvalue weighted by Gasteiger charge is 2.51. The van der Waals surface area contributed by atoms with Crippen molar-refractivity contribution in [3.63, 3.8) is 0 Å². The Morgan fingerprint density at radius 3 is 2.20 bits per heavy atom. The Labute approximate surface area is 145 Å². The van der Waals surface area contributed by atoms with E-state index in [-0.39, 0.29) is 11.5 Å². The molecule has 1 heterocycles. The van der Waals surface area contributed by atoms with Crippen LogP contribution in [0, 0.1) is 5.41 Å². The zero-order valence-corrected chi connectivity index (χ0v) is 14.4. The van der Waals surface area contributed by atoms with E-state index in [0.717, 1.165) is 6.42 Å². The summed E-state index contributed by atoms with van der Waals surface area (Å²) in [6.07, 6.45) is -1.12. The Morgan fingerprint density at radius 1 is 1.08 bits per heavy atom. The number of carbonyl (C=O) groups is 1. The van der Waals surface area contributed by atoms with Crippen LogP contribution in [0.4, 0.5) is 18.9 Å². The maximum Gasteiger partial charge on any atom is 0.393 e. The average Bonchev–Trinajstić information content (AvgIpc) is 2.87. The molecule has 1 aliphatic heterocycles. The third-order valence-electron chi connectivity index (χ3n) is 5.96. The minimum Gasteiger partial charge on any atom is -0.390 e. The summed E-state index contributed by atoms with van der Waals surface area (Å²) in [5.74, 6) is 0.0502. The zero-order chi connectivity index (χ0) is 18.3. The summed E-state index contributed by atoms with van der Waals surface area (Å²) in [5.41, 5.74) is -0.211. The van der Waals surface area contributed by atoms with E-state index in [2.05, 4.69) is 0 Å². The van der Waals surface area contributed by atoms with Gasteiger partial charge in [-0.05, 0) is 56.2 Å². The molecule has 1 N–H and O–H groups in total. The van der Waals surface area contributed by atoms with E-state index < -0.39 is 23.6 Å². The fraction of sp³-hybridized carbons (Fsp3) is 0.632. The molecule has 0 bridgehead atoms. The van der Waals surface area contributed by atoms with E-state index in [1.54, 1.807) is 17.0 Å². The van der Waals surface area contributed by atoms with Crippen molar-refractivity contribution in [3.8, 4) is 0 Å². The first-order chi connectivity index (χ1) is 11.7. The molecule has 138 valence electrons. The van der Waals surface area contributed by atoms with Crippen molar-refractivity contribution in [1.29, 1.82) is 0 Å². The van der Waals surface area contributed by atoms with E-state index in [9.17, 15) is 23.1 Å². The number of amides is 1. The van der Waals surface area contributed by atoms with Gasteiger partial charge in [0.1, 0.15) is 0 Å². The molecule has 0 unspecified atom stereocenters. The molecule has 1 amide bonds. The van der Waals surface area contributed by atoms with Crippen molar-refractivity contribution in [2.75, 3.05) is 11.4 Å². The molecule has 1 saturated carbocycles. The average molecular weight is 355 g/mol. The van der Waals surface area contributed by atoms with E-state index in [1.165, 1.54) is 12.1 Å². The standard InChI is InChI=1S/C19H24F3NO2/c1-2-18(25)9-7-17(8-10-18)11-12-23(16(17)24)15-5-3-14(4-6-15)13-19(20,21)22/h3-6,25H,2,7-13H2,1H3/t17-,18-. The molecule has 25 heavy (non-hydrogen) atoms. The lowest BCUT2D eigenvalue weighted by atomic mass is 9.67. The van der Waals surface area contributed by atoms with Crippen LogP contribution in [0.5, 0.6) is 0 Å². The van der Waals surface area contributed by atoms with Gasteiger partial charge < -0.3 is 10.0 Å². The van der Waals surface area contributed by atoms with Crippen LogP contribution in [0.25, 0.3) is 0 Å². The summed E-state index contributed by atoms with van der Waals surface area (Å²) in [7, 11) is 0. The molecular formula is C19H24F3NO2. The van der Waals surface area contributed by atoms with Gasteiger partial charge in [-0.1, -0.05) is 19.1 Å². The Balaban J connectivity index is 1.70. The molecule has 6 heteroatoms. The van der Waals surface area contributed by atoms with Crippen LogP contribution in [-0.2, 0) is 11.2 Å². The van der Waals surface area contributed by atoms with Crippen LogP contribution in [0.15, 0.2) is 24.3 Å². The summed E-state index contributed by atoms with van der Waals surface area (Å²) in [5, 5.41) is 10.4. The SMILES string of the molecule is CC[C@]1(O)CC[C@@]2(CCN(c3ccc(CC(F)(F)F)cc3)C2=O)CC1. The molecule has 2 fully saturated rings. The third kappa shape index (κ3) is 3.68. The molecule has 1 saturated heterocycles. The fourth-order valence-corrected chi connectivity index (χ4v) is 4.10. The second kappa shape index (κ2) is 6.31. The summed E-state index contributed by atoms with van der Waals surface area (Å²) >= 11 is 0. The lowest BCUT2D eigenvalue weighted by molar-refractivity contribution is -0.131. The number of anilines is 1. The maximum absolute atomic E-state index is 13.0. The summed E-state index contributed by atoms with van der Waals surface area (Å²) in [4.78, 5) is 14.6. The van der Waals surface area contributed by atoms with Crippen LogP contribution in [-0.4, -0.2) is 29.3 Å². The molecular weight excluding hydrogens is 331 g/mol. The Bertz CT molecular complexity index is 631. The zero-order valence-electron chi connectivity index (χ0n) is 14.4. The smallest absolute Gasteiger partial charge is 0.390 e. The number of carbonyl (C=O) groups excluding carboxylic acids is 1. The van der Waals surface area contributed by atoms with Crippen molar-refractivity contribution in [2.24, 2.45) is 5.41 Å². The number of hydrogen-bond donors (Lipinski definition) is 1. The van der Waals surface area contributed by atoms with Crippen molar-refractivity contribution < 1.29 is 23.1 Å². The van der Waals surface area contributed by atoms with Crippen LogP contribution in [0.3, 0.4) is 0 Å². The van der Waals surface area contributed by atoms with E-state index in [0.29, 0.717) is 44.3 Å². The molecule has 3 nitrogen and oxygen atoms in total. The summed E-state index contributed by atoms with van der Waals surface area (Å²) in [6.45, 7) is 2.55. The van der Waals surface area contributed by atoms with Gasteiger partial charge in [0.05, 0.1) is 17.4 Å². The van der Waals surface area contributed by atoms with Gasteiger partial charge in [-0.2, -0.15) is 13.2 Å². The normalized spacial score (nSPS) is 30.3. The predicted molar refractivity (Wildman–Crippen MR) is 89.3 cm³/mol. The number of rotatable bonds is 3. The van der Waals surface area contributed by atoms with Gasteiger partial charge in [-0.15, -0.1) is 0 Å². The second-order valence-electron chi connectivity index (χ2n) is 7.52. The third-order valence-corrected chi connectivity index (χ3v) is 5.96. The molecule has 0 radical (unpaired) electrons. The van der Waals surface area contributed by atoms with E-state index in [4.69, 9.17) is 0 Å². The van der Waals surface area contributed by atoms with Crippen LogP contribution in [0.2, 0.25) is 0 Å². The Kier molecular flexibility index (Phi) is 4.60. The topological polar surface area (TPSA) is 40.5 Å². The first-order valence-corrected chi connectivity index (χ1v) is 8.87. The number of hydrogen-bond acceptors (Lipinski definition) is 2. The predicted octanol–water partition coefficient (Wildman–Crippen LogP) is 4.23. The molecule has 1 aromatic carbocycles. The Hall–Kier alpha value is -1.56. The second-order valence-corrected chi connectivity index (χ2v) is 7.52. The number of alkyl halides is 3. The van der Waals surface area contributed by atoms with Gasteiger partial charge in [0, 0.05) is 12.2 Å². The number of benzene rings is 1. The monoisotopic (exact) mass is 355 g/mol. The number of nitrogens with zero attached hydrogens (tertiary/aromatic N) is 1. The molecule has 2 aliphatic rings. The van der Waals surface area contributed by atoms with Gasteiger partial charge in [0.2, 0.25) is 5.91 Å². The van der Waals surface area contributed by atoms with Crippen LogP contribution >= 0.6 is 0 Å². The van der Waals surface area contributed by atoms with Gasteiger partial charge >= 0.3 is 6.18 Å². The lowest BCUT2D eigenvalue weighted by Crippen LogP contribution is -2.43. The minimum absolute atomic E-state index is 0.0502. The number of halogens is 3. The van der Waals surface area contributed by atoms with Gasteiger partial charge in [0.15, 0.2) is 0 Å². The molecule has 3 rings (SSSR count). The first-order valence-electron chi connectivity index (χ1n) is 8.87. The van der Waals surface area contributed by atoms with Crippen molar-refractivity contribution in [3.05, 3.63) is 29.8 Å². The maximum atomic E-state index is 13.0. The quantitative estimate of drug-likeness (QED) is 0.881. The van der Waals surface area contributed by atoms with Crippen molar-refractivity contribution >= 4 is 11.6 Å². The van der Waals surface area contributed by atoms with Gasteiger partial charge in [-0.3, -0.25) is 4.79 Å². The fourth-order valence-electron chi connectivity index (χ4n) is 4.10. The van der Waals surface area contributed by atoms with Gasteiger partial charge in [0.25, 0.3) is 0 Å². The molecule has 1 aliphatic carbocycles. The highest BCUT2D eigenvalue weighted by molar-refractivity contribution is 6.00. The summed E-state index contributed by atoms with van der Waals surface area (Å²) < 4.78 is 37.4. The molecule has 1 spiro atoms. The Morgan fingerprint density at radius 2 is 1.68 bits per heavy atom. The molecule has 0 aromatic heterocycles. The lowest BCUT2D eigenvalue weighted by Gasteiger charge is -2.40. The number of aliphatic hydroxyl groups is 1. The van der Waals surface area contributed by atoms with Crippen LogP contribution < -0.4 is 4.90 Å². The molecule has 0 atom stereocenters. The highest BCUT2D eigenvalue weighted by Crippen LogP contribution is 2.49. The highest BCUT2D eigenvalue weighted by atomic mass is 19.4. The van der Waals surface area contributed by atoms with Gasteiger partial charge in [-0.25, -0.2) is 0 Å². The minimum atomic E-state index is -4.23. The van der Waals surface area contributed by atoms with Crippen LogP contribution in [0.1, 0.15) is 51.0 Å². The van der Waals surface area contributed by atoms with Crippen molar-refractivity contribution in [2.45, 2.75) is 63.6 Å². The summed E-state index contributed by atoms with van der Waals surface area (Å²) in [6, 6.07) is 6.09.